The van der Waals surface area contributed by atoms with Crippen molar-refractivity contribution in [2.24, 2.45) is 11.8 Å². The molecule has 3 rings (SSSR count). The summed E-state index contributed by atoms with van der Waals surface area (Å²) in [7, 11) is 0. The van der Waals surface area contributed by atoms with Gasteiger partial charge < -0.3 is 5.32 Å². The highest BCUT2D eigenvalue weighted by atomic mass is 15.2. The van der Waals surface area contributed by atoms with E-state index in [0.29, 0.717) is 0 Å². The molecule has 0 bridgehead atoms. The van der Waals surface area contributed by atoms with Crippen LogP contribution in [0.1, 0.15) is 31.5 Å². The first kappa shape index (κ1) is 8.41. The molecule has 0 saturated heterocycles. The van der Waals surface area contributed by atoms with Crippen molar-refractivity contribution in [1.82, 2.24) is 20.5 Å². The molecule has 0 unspecified atom stereocenters. The smallest absolute Gasteiger partial charge is 0.138 e. The summed E-state index contributed by atoms with van der Waals surface area (Å²) in [5.41, 5.74) is 0. The first-order chi connectivity index (χ1) is 6.93. The third kappa shape index (κ3) is 1.80. The second-order valence-electron chi connectivity index (χ2n) is 4.51. The fraction of sp³-hybridized carbons (Fsp3) is 0.800. The van der Waals surface area contributed by atoms with Crippen LogP contribution in [0.5, 0.6) is 0 Å². The minimum absolute atomic E-state index is 0.750. The second kappa shape index (κ2) is 3.35. The normalized spacial score (nSPS) is 21.8. The average molecular weight is 192 g/mol. The van der Waals surface area contributed by atoms with Crippen molar-refractivity contribution in [1.29, 1.82) is 0 Å². The molecule has 2 aliphatic rings. The number of nitrogens with one attached hydrogen (secondary N) is 2. The summed E-state index contributed by atoms with van der Waals surface area (Å²) in [6.07, 6.45) is 7.25. The van der Waals surface area contributed by atoms with Crippen LogP contribution in [0.2, 0.25) is 0 Å². The third-order valence-corrected chi connectivity index (χ3v) is 3.23. The topological polar surface area (TPSA) is 53.6 Å². The van der Waals surface area contributed by atoms with E-state index in [4.69, 9.17) is 0 Å². The predicted octanol–water partition coefficient (Wildman–Crippen LogP) is 1.08. The number of nitrogens with zero attached hydrogens (tertiary/aromatic N) is 2. The molecule has 4 nitrogen and oxygen atoms in total. The molecule has 1 heterocycles. The van der Waals surface area contributed by atoms with Crippen LogP contribution in [-0.2, 0) is 6.54 Å². The maximum absolute atomic E-state index is 4.12. The summed E-state index contributed by atoms with van der Waals surface area (Å²) < 4.78 is 0. The van der Waals surface area contributed by atoms with Gasteiger partial charge in [-0.2, -0.15) is 5.10 Å². The van der Waals surface area contributed by atoms with E-state index in [2.05, 4.69) is 20.5 Å². The Labute approximate surface area is 83.5 Å². The van der Waals surface area contributed by atoms with Crippen molar-refractivity contribution in [3.63, 3.8) is 0 Å². The van der Waals surface area contributed by atoms with Gasteiger partial charge in [-0.15, -0.1) is 0 Å². The van der Waals surface area contributed by atoms with Crippen LogP contribution in [0, 0.1) is 11.8 Å². The second-order valence-corrected chi connectivity index (χ2v) is 4.51. The molecule has 2 fully saturated rings. The lowest BCUT2D eigenvalue weighted by atomic mass is 10.1. The van der Waals surface area contributed by atoms with E-state index in [0.717, 1.165) is 30.2 Å². The van der Waals surface area contributed by atoms with Crippen molar-refractivity contribution in [3.8, 4) is 0 Å². The summed E-state index contributed by atoms with van der Waals surface area (Å²) in [6.45, 7) is 0.845. The molecular formula is C10H16N4. The maximum atomic E-state index is 4.12. The van der Waals surface area contributed by atoms with Crippen LogP contribution in [-0.4, -0.2) is 21.2 Å². The highest BCUT2D eigenvalue weighted by Gasteiger charge is 2.40. The zero-order chi connectivity index (χ0) is 9.38. The highest BCUT2D eigenvalue weighted by Crippen LogP contribution is 2.44. The number of aromatic nitrogens is 3. The minimum Gasteiger partial charge on any atom is -0.307 e. The molecule has 2 aliphatic carbocycles. The SMILES string of the molecule is c1n[nH]c(CNC(C2CC2)C2CC2)n1. The Hall–Kier alpha value is -0.900. The molecule has 0 aliphatic heterocycles. The largest absolute Gasteiger partial charge is 0.307 e. The van der Waals surface area contributed by atoms with E-state index in [1.54, 1.807) is 6.33 Å². The lowest BCUT2D eigenvalue weighted by Gasteiger charge is -2.16. The quantitative estimate of drug-likeness (QED) is 0.734. The van der Waals surface area contributed by atoms with Gasteiger partial charge in [0, 0.05) is 6.04 Å². The van der Waals surface area contributed by atoms with Gasteiger partial charge in [-0.1, -0.05) is 0 Å². The number of hydrogen-bond donors (Lipinski definition) is 2. The zero-order valence-corrected chi connectivity index (χ0v) is 8.24. The van der Waals surface area contributed by atoms with Gasteiger partial charge in [-0.3, -0.25) is 5.10 Å². The summed E-state index contributed by atoms with van der Waals surface area (Å²) in [5.74, 6) is 2.85. The van der Waals surface area contributed by atoms with Crippen LogP contribution >= 0.6 is 0 Å². The van der Waals surface area contributed by atoms with Crippen LogP contribution in [0.3, 0.4) is 0 Å². The highest BCUT2D eigenvalue weighted by molar-refractivity contribution is 4.97. The molecule has 2 saturated carbocycles. The van der Waals surface area contributed by atoms with E-state index in [9.17, 15) is 0 Å². The molecule has 14 heavy (non-hydrogen) atoms. The van der Waals surface area contributed by atoms with Crippen LogP contribution in [0.25, 0.3) is 0 Å². The molecule has 0 aromatic carbocycles. The first-order valence-corrected chi connectivity index (χ1v) is 5.51. The standard InChI is InChI=1S/C10H16N4/c1-2-7(1)10(8-3-4-8)11-5-9-12-6-13-14-9/h6-8,10-11H,1-5H2,(H,12,13,14). The van der Waals surface area contributed by atoms with E-state index < -0.39 is 0 Å². The van der Waals surface area contributed by atoms with Crippen molar-refractivity contribution < 1.29 is 0 Å². The van der Waals surface area contributed by atoms with Crippen LogP contribution in [0.4, 0.5) is 0 Å². The van der Waals surface area contributed by atoms with Crippen molar-refractivity contribution in [3.05, 3.63) is 12.2 Å². The Morgan fingerprint density at radius 1 is 1.36 bits per heavy atom. The summed E-state index contributed by atoms with van der Waals surface area (Å²) in [4.78, 5) is 4.12. The molecule has 1 aromatic rings. The number of H-pyrrole nitrogens is 1. The molecule has 76 valence electrons. The van der Waals surface area contributed by atoms with Gasteiger partial charge in [0.2, 0.25) is 0 Å². The Morgan fingerprint density at radius 2 is 2.07 bits per heavy atom. The Morgan fingerprint density at radius 3 is 2.57 bits per heavy atom. The van der Waals surface area contributed by atoms with Crippen LogP contribution in [0.15, 0.2) is 6.33 Å². The monoisotopic (exact) mass is 192 g/mol. The Bertz CT molecular complexity index is 275. The number of hydrogen-bond acceptors (Lipinski definition) is 3. The number of rotatable bonds is 5. The first-order valence-electron chi connectivity index (χ1n) is 5.51. The molecule has 0 spiro atoms. The van der Waals surface area contributed by atoms with Gasteiger partial charge in [0.15, 0.2) is 0 Å². The van der Waals surface area contributed by atoms with Crippen molar-refractivity contribution >= 4 is 0 Å². The summed E-state index contributed by atoms with van der Waals surface area (Å²) in [5, 5.41) is 10.3. The molecule has 0 atom stereocenters. The van der Waals surface area contributed by atoms with Gasteiger partial charge in [0.1, 0.15) is 12.2 Å². The average Bonchev–Trinajstić information content (AvgIpc) is 3.09. The van der Waals surface area contributed by atoms with Gasteiger partial charge in [-0.05, 0) is 37.5 Å². The third-order valence-electron chi connectivity index (χ3n) is 3.23. The lowest BCUT2D eigenvalue weighted by molar-refractivity contribution is 0.411. The van der Waals surface area contributed by atoms with E-state index in [1.165, 1.54) is 25.7 Å². The molecule has 4 heteroatoms. The Kier molecular flexibility index (Phi) is 2.01. The lowest BCUT2D eigenvalue weighted by Crippen LogP contribution is -2.32. The number of aromatic amines is 1. The van der Waals surface area contributed by atoms with Crippen molar-refractivity contribution in [2.75, 3.05) is 0 Å². The van der Waals surface area contributed by atoms with Gasteiger partial charge in [0.05, 0.1) is 6.54 Å². The maximum Gasteiger partial charge on any atom is 0.138 e. The van der Waals surface area contributed by atoms with E-state index in [-0.39, 0.29) is 0 Å². The molecule has 0 amide bonds. The predicted molar refractivity (Wildman–Crippen MR) is 52.5 cm³/mol. The van der Waals surface area contributed by atoms with Gasteiger partial charge >= 0.3 is 0 Å². The molecule has 0 radical (unpaired) electrons. The molecule has 1 aromatic heterocycles. The Balaban J connectivity index is 1.54. The van der Waals surface area contributed by atoms with Gasteiger partial charge in [0.25, 0.3) is 0 Å². The van der Waals surface area contributed by atoms with E-state index in [1.807, 2.05) is 0 Å². The van der Waals surface area contributed by atoms with Crippen LogP contribution < -0.4 is 5.32 Å². The van der Waals surface area contributed by atoms with E-state index >= 15 is 0 Å². The van der Waals surface area contributed by atoms with Gasteiger partial charge in [-0.25, -0.2) is 4.98 Å². The molecule has 2 N–H and O–H groups in total. The fourth-order valence-electron chi connectivity index (χ4n) is 2.16. The summed E-state index contributed by atoms with van der Waals surface area (Å²) >= 11 is 0. The fourth-order valence-corrected chi connectivity index (χ4v) is 2.16. The zero-order valence-electron chi connectivity index (χ0n) is 8.24. The minimum atomic E-state index is 0.750. The molecular weight excluding hydrogens is 176 g/mol. The summed E-state index contributed by atoms with van der Waals surface area (Å²) in [6, 6.07) is 0.750. The van der Waals surface area contributed by atoms with Crippen molar-refractivity contribution in [2.45, 2.75) is 38.3 Å².